The maximum atomic E-state index is 12.3. The van der Waals surface area contributed by atoms with E-state index >= 15 is 0 Å². The standard InChI is InChI=1S/C19H20N2O5S/c1-26-17-5-3-2-4-14(17)10-12-20-19(23)15-6-8-16(9-7-15)21-18(22)11-13-27(21,24)25/h2-9H,10-13H2,1H3,(H,20,23). The van der Waals surface area contributed by atoms with E-state index in [1.165, 1.54) is 24.3 Å². The number of carbonyl (C=O) groups excluding carboxylic acids is 2. The zero-order valence-electron chi connectivity index (χ0n) is 14.8. The van der Waals surface area contributed by atoms with Crippen molar-refractivity contribution < 1.29 is 22.7 Å². The largest absolute Gasteiger partial charge is 0.496 e. The molecular weight excluding hydrogens is 368 g/mol. The summed E-state index contributed by atoms with van der Waals surface area (Å²) in [7, 11) is -2.00. The summed E-state index contributed by atoms with van der Waals surface area (Å²) in [6.45, 7) is 0.431. The van der Waals surface area contributed by atoms with E-state index in [9.17, 15) is 18.0 Å². The number of nitrogens with one attached hydrogen (secondary N) is 1. The van der Waals surface area contributed by atoms with Gasteiger partial charge in [0.05, 0.1) is 18.6 Å². The Bertz CT molecular complexity index is 954. The van der Waals surface area contributed by atoms with E-state index < -0.39 is 15.9 Å². The van der Waals surface area contributed by atoms with Crippen LogP contribution >= 0.6 is 0 Å². The molecule has 1 saturated heterocycles. The number of rotatable bonds is 6. The van der Waals surface area contributed by atoms with Crippen molar-refractivity contribution in [3.8, 4) is 5.75 Å². The zero-order valence-corrected chi connectivity index (χ0v) is 15.7. The van der Waals surface area contributed by atoms with Gasteiger partial charge in [-0.15, -0.1) is 0 Å². The molecule has 2 amide bonds. The van der Waals surface area contributed by atoms with E-state index in [0.717, 1.165) is 15.6 Å². The van der Waals surface area contributed by atoms with Gasteiger partial charge in [0.2, 0.25) is 15.9 Å². The lowest BCUT2D eigenvalue weighted by Gasteiger charge is -2.15. The Hall–Kier alpha value is -2.87. The molecule has 142 valence electrons. The van der Waals surface area contributed by atoms with Crippen LogP contribution in [0.15, 0.2) is 48.5 Å². The van der Waals surface area contributed by atoms with Crippen LogP contribution in [-0.4, -0.2) is 39.6 Å². The van der Waals surface area contributed by atoms with Gasteiger partial charge in [0, 0.05) is 18.5 Å². The summed E-state index contributed by atoms with van der Waals surface area (Å²) in [5.74, 6) is -0.138. The molecule has 0 bridgehead atoms. The van der Waals surface area contributed by atoms with Crippen LogP contribution in [0.3, 0.4) is 0 Å². The first-order valence-electron chi connectivity index (χ1n) is 8.48. The highest BCUT2D eigenvalue weighted by Gasteiger charge is 2.36. The van der Waals surface area contributed by atoms with E-state index in [1.807, 2.05) is 24.3 Å². The maximum absolute atomic E-state index is 12.3. The minimum absolute atomic E-state index is 0.0203. The van der Waals surface area contributed by atoms with Crippen LogP contribution in [-0.2, 0) is 21.2 Å². The normalized spacial score (nSPS) is 15.6. The van der Waals surface area contributed by atoms with Crippen LogP contribution in [0.5, 0.6) is 5.75 Å². The summed E-state index contributed by atoms with van der Waals surface area (Å²) in [6.07, 6.45) is 0.599. The van der Waals surface area contributed by atoms with Crippen molar-refractivity contribution in [3.05, 3.63) is 59.7 Å². The molecule has 1 heterocycles. The number of sulfonamides is 1. The smallest absolute Gasteiger partial charge is 0.251 e. The van der Waals surface area contributed by atoms with Gasteiger partial charge in [0.15, 0.2) is 0 Å². The number of amides is 2. The summed E-state index contributed by atoms with van der Waals surface area (Å²) in [4.78, 5) is 24.1. The van der Waals surface area contributed by atoms with Crippen molar-refractivity contribution in [3.63, 3.8) is 0 Å². The fourth-order valence-electron chi connectivity index (χ4n) is 2.94. The molecule has 0 radical (unpaired) electrons. The molecule has 0 aromatic heterocycles. The Morgan fingerprint density at radius 2 is 1.85 bits per heavy atom. The average molecular weight is 388 g/mol. The van der Waals surface area contributed by atoms with Crippen LogP contribution in [0.25, 0.3) is 0 Å². The Morgan fingerprint density at radius 3 is 2.48 bits per heavy atom. The zero-order chi connectivity index (χ0) is 19.4. The third kappa shape index (κ3) is 4.11. The third-order valence-electron chi connectivity index (χ3n) is 4.31. The number of hydrogen-bond acceptors (Lipinski definition) is 5. The second-order valence-corrected chi connectivity index (χ2v) is 8.03. The topological polar surface area (TPSA) is 92.8 Å². The quantitative estimate of drug-likeness (QED) is 0.814. The highest BCUT2D eigenvalue weighted by atomic mass is 32.2. The van der Waals surface area contributed by atoms with Gasteiger partial charge in [-0.2, -0.15) is 0 Å². The molecule has 0 spiro atoms. The summed E-state index contributed by atoms with van der Waals surface area (Å²) >= 11 is 0. The minimum Gasteiger partial charge on any atom is -0.496 e. The highest BCUT2D eigenvalue weighted by molar-refractivity contribution is 7.94. The molecule has 2 aromatic rings. The molecule has 0 atom stereocenters. The van der Waals surface area contributed by atoms with E-state index in [2.05, 4.69) is 5.32 Å². The molecule has 3 rings (SSSR count). The van der Waals surface area contributed by atoms with Gasteiger partial charge in [0.25, 0.3) is 5.91 Å². The van der Waals surface area contributed by atoms with Crippen molar-refractivity contribution in [1.82, 2.24) is 5.32 Å². The van der Waals surface area contributed by atoms with Crippen molar-refractivity contribution in [2.24, 2.45) is 0 Å². The number of ether oxygens (including phenoxy) is 1. The second-order valence-electron chi connectivity index (χ2n) is 6.09. The molecule has 1 aliphatic heterocycles. The van der Waals surface area contributed by atoms with Crippen LogP contribution in [0, 0.1) is 0 Å². The Balaban J connectivity index is 1.62. The lowest BCUT2D eigenvalue weighted by atomic mass is 10.1. The Morgan fingerprint density at radius 1 is 1.15 bits per heavy atom. The van der Waals surface area contributed by atoms with E-state index in [1.54, 1.807) is 7.11 Å². The van der Waals surface area contributed by atoms with Crippen LogP contribution in [0.4, 0.5) is 5.69 Å². The number of nitrogens with zero attached hydrogens (tertiary/aromatic N) is 1. The second kappa shape index (κ2) is 7.79. The van der Waals surface area contributed by atoms with Gasteiger partial charge < -0.3 is 10.1 Å². The molecule has 1 N–H and O–H groups in total. The number of para-hydroxylation sites is 1. The van der Waals surface area contributed by atoms with Gasteiger partial charge >= 0.3 is 0 Å². The summed E-state index contributed by atoms with van der Waals surface area (Å²) in [5.41, 5.74) is 1.64. The number of hydrogen-bond donors (Lipinski definition) is 1. The number of anilines is 1. The van der Waals surface area contributed by atoms with E-state index in [-0.39, 0.29) is 23.8 Å². The first-order chi connectivity index (χ1) is 12.9. The lowest BCUT2D eigenvalue weighted by molar-refractivity contribution is -0.116. The van der Waals surface area contributed by atoms with Crippen LogP contribution in [0.1, 0.15) is 22.3 Å². The first kappa shape index (κ1) is 18.9. The molecule has 0 aliphatic carbocycles. The predicted molar refractivity (Wildman–Crippen MR) is 101 cm³/mol. The van der Waals surface area contributed by atoms with Crippen LogP contribution < -0.4 is 14.4 Å². The SMILES string of the molecule is COc1ccccc1CCNC(=O)c1ccc(N2C(=O)CCS2(=O)=O)cc1. The molecule has 1 aliphatic rings. The van der Waals surface area contributed by atoms with Crippen molar-refractivity contribution >= 4 is 27.5 Å². The Labute approximate surface area is 158 Å². The van der Waals surface area contributed by atoms with Gasteiger partial charge in [-0.1, -0.05) is 18.2 Å². The van der Waals surface area contributed by atoms with Gasteiger partial charge in [-0.05, 0) is 42.3 Å². The Kier molecular flexibility index (Phi) is 5.46. The molecule has 1 fully saturated rings. The third-order valence-corrected chi connectivity index (χ3v) is 6.01. The fraction of sp³-hybridized carbons (Fsp3) is 0.263. The number of benzene rings is 2. The van der Waals surface area contributed by atoms with Gasteiger partial charge in [-0.25, -0.2) is 12.7 Å². The molecule has 27 heavy (non-hydrogen) atoms. The van der Waals surface area contributed by atoms with Crippen molar-refractivity contribution in [2.75, 3.05) is 23.7 Å². The average Bonchev–Trinajstić information content (AvgIpc) is 2.94. The fourth-order valence-corrected chi connectivity index (χ4v) is 4.40. The predicted octanol–water partition coefficient (Wildman–Crippen LogP) is 1.73. The highest BCUT2D eigenvalue weighted by Crippen LogP contribution is 2.25. The number of methoxy groups -OCH3 is 1. The van der Waals surface area contributed by atoms with Crippen molar-refractivity contribution in [2.45, 2.75) is 12.8 Å². The summed E-state index contributed by atoms with van der Waals surface area (Å²) < 4.78 is 30.0. The molecule has 7 nitrogen and oxygen atoms in total. The van der Waals surface area contributed by atoms with Gasteiger partial charge in [0.1, 0.15) is 5.75 Å². The van der Waals surface area contributed by atoms with Crippen LogP contribution in [0.2, 0.25) is 0 Å². The monoisotopic (exact) mass is 388 g/mol. The minimum atomic E-state index is -3.60. The maximum Gasteiger partial charge on any atom is 0.251 e. The number of carbonyl (C=O) groups is 2. The lowest BCUT2D eigenvalue weighted by Crippen LogP contribution is -2.29. The first-order valence-corrected chi connectivity index (χ1v) is 10.1. The molecule has 0 unspecified atom stereocenters. The molecule has 2 aromatic carbocycles. The molecule has 0 saturated carbocycles. The summed E-state index contributed by atoms with van der Waals surface area (Å²) in [5, 5.41) is 2.82. The summed E-state index contributed by atoms with van der Waals surface area (Å²) in [6, 6.07) is 13.5. The molecule has 8 heteroatoms. The van der Waals surface area contributed by atoms with E-state index in [0.29, 0.717) is 18.5 Å². The molecular formula is C19H20N2O5S. The van der Waals surface area contributed by atoms with E-state index in [4.69, 9.17) is 4.74 Å². The van der Waals surface area contributed by atoms with Crippen molar-refractivity contribution in [1.29, 1.82) is 0 Å². The van der Waals surface area contributed by atoms with Gasteiger partial charge in [-0.3, -0.25) is 9.59 Å².